The van der Waals surface area contributed by atoms with Crippen LogP contribution in [0.1, 0.15) is 46.5 Å². The van der Waals surface area contributed by atoms with Crippen molar-refractivity contribution in [2.24, 2.45) is 10.9 Å². The van der Waals surface area contributed by atoms with E-state index in [2.05, 4.69) is 20.9 Å². The molecule has 1 aliphatic rings. The number of hydrogen-bond donors (Lipinski definition) is 3. The van der Waals surface area contributed by atoms with Crippen LogP contribution in [0.15, 0.2) is 4.99 Å². The minimum absolute atomic E-state index is 0.0619. The maximum absolute atomic E-state index is 11.6. The van der Waals surface area contributed by atoms with Crippen molar-refractivity contribution in [2.45, 2.75) is 52.5 Å². The van der Waals surface area contributed by atoms with Gasteiger partial charge in [0.25, 0.3) is 0 Å². The van der Waals surface area contributed by atoms with Crippen molar-refractivity contribution in [3.05, 3.63) is 0 Å². The van der Waals surface area contributed by atoms with Crippen molar-refractivity contribution in [2.75, 3.05) is 32.8 Å². The van der Waals surface area contributed by atoms with Crippen LogP contribution in [0.2, 0.25) is 0 Å². The van der Waals surface area contributed by atoms with Crippen molar-refractivity contribution < 1.29 is 9.53 Å². The Morgan fingerprint density at radius 1 is 1.32 bits per heavy atom. The van der Waals surface area contributed by atoms with E-state index in [4.69, 9.17) is 4.74 Å². The summed E-state index contributed by atoms with van der Waals surface area (Å²) in [6, 6.07) is 0.185. The Morgan fingerprint density at radius 3 is 2.73 bits per heavy atom. The molecule has 1 fully saturated rings. The maximum atomic E-state index is 11.6. The van der Waals surface area contributed by atoms with Crippen LogP contribution in [0.3, 0.4) is 0 Å². The number of aliphatic imine (C=N–C) groups is 1. The largest absolute Gasteiger partial charge is 0.381 e. The molecule has 0 atom stereocenters. The van der Waals surface area contributed by atoms with Crippen LogP contribution in [0.4, 0.5) is 0 Å². The van der Waals surface area contributed by atoms with E-state index in [1.165, 1.54) is 12.8 Å². The molecule has 3 N–H and O–H groups in total. The van der Waals surface area contributed by atoms with Gasteiger partial charge in [0, 0.05) is 45.3 Å². The van der Waals surface area contributed by atoms with E-state index in [1.54, 1.807) is 0 Å². The molecule has 0 aromatic rings. The van der Waals surface area contributed by atoms with Crippen molar-refractivity contribution >= 4 is 11.9 Å². The molecule has 6 heteroatoms. The van der Waals surface area contributed by atoms with E-state index in [9.17, 15) is 4.79 Å². The van der Waals surface area contributed by atoms with Gasteiger partial charge < -0.3 is 20.7 Å². The number of amides is 1. The molecule has 128 valence electrons. The van der Waals surface area contributed by atoms with Crippen LogP contribution in [0, 0.1) is 5.92 Å². The highest BCUT2D eigenvalue weighted by Crippen LogP contribution is 2.28. The number of carbonyl (C=O) groups is 1. The van der Waals surface area contributed by atoms with Crippen molar-refractivity contribution in [3.8, 4) is 0 Å². The molecule has 0 heterocycles. The summed E-state index contributed by atoms with van der Waals surface area (Å²) in [4.78, 5) is 16.0. The molecule has 0 radical (unpaired) electrons. The molecule has 0 saturated heterocycles. The Balaban J connectivity index is 2.10. The summed E-state index contributed by atoms with van der Waals surface area (Å²) in [6.07, 6.45) is 4.04. The van der Waals surface area contributed by atoms with Crippen LogP contribution < -0.4 is 16.0 Å². The quantitative estimate of drug-likeness (QED) is 0.305. The molecule has 0 aromatic heterocycles. The molecule has 22 heavy (non-hydrogen) atoms. The molecule has 0 aromatic carbocycles. The Kier molecular flexibility index (Phi) is 9.62. The molecule has 0 aliphatic heterocycles. The first kappa shape index (κ1) is 18.7. The Labute approximate surface area is 134 Å². The summed E-state index contributed by atoms with van der Waals surface area (Å²) in [6.45, 7) is 9.76. The Morgan fingerprint density at radius 2 is 2.09 bits per heavy atom. The average molecular weight is 312 g/mol. The molecular weight excluding hydrogens is 280 g/mol. The normalized spacial score (nSPS) is 15.0. The lowest BCUT2D eigenvalue weighted by Crippen LogP contribution is -2.40. The van der Waals surface area contributed by atoms with E-state index < -0.39 is 0 Å². The second kappa shape index (κ2) is 11.3. The fraction of sp³-hybridized carbons (Fsp3) is 0.875. The highest BCUT2D eigenvalue weighted by molar-refractivity contribution is 5.81. The van der Waals surface area contributed by atoms with Crippen LogP contribution in [-0.4, -0.2) is 50.8 Å². The third kappa shape index (κ3) is 10.4. The Hall–Kier alpha value is -1.30. The first-order chi connectivity index (χ1) is 10.6. The monoisotopic (exact) mass is 312 g/mol. The van der Waals surface area contributed by atoms with Gasteiger partial charge in [-0.3, -0.25) is 9.79 Å². The molecule has 6 nitrogen and oxygen atoms in total. The van der Waals surface area contributed by atoms with E-state index >= 15 is 0 Å². The van der Waals surface area contributed by atoms with Crippen molar-refractivity contribution in [1.82, 2.24) is 16.0 Å². The fourth-order valence-electron chi connectivity index (χ4n) is 1.92. The van der Waals surface area contributed by atoms with E-state index in [1.807, 2.05) is 20.8 Å². The van der Waals surface area contributed by atoms with Gasteiger partial charge in [-0.05, 0) is 46.0 Å². The van der Waals surface area contributed by atoms with Gasteiger partial charge in [-0.15, -0.1) is 0 Å². The summed E-state index contributed by atoms with van der Waals surface area (Å²) in [5.41, 5.74) is 0. The first-order valence-electron chi connectivity index (χ1n) is 8.51. The van der Waals surface area contributed by atoms with Crippen molar-refractivity contribution in [3.63, 3.8) is 0 Å². The number of hydrogen-bond acceptors (Lipinski definition) is 3. The molecule has 1 rings (SSSR count). The Bertz CT molecular complexity index is 341. The third-order valence-corrected chi connectivity index (χ3v) is 3.21. The highest BCUT2D eigenvalue weighted by atomic mass is 16.5. The van der Waals surface area contributed by atoms with Gasteiger partial charge in [-0.25, -0.2) is 0 Å². The van der Waals surface area contributed by atoms with Gasteiger partial charge in [-0.1, -0.05) is 0 Å². The van der Waals surface area contributed by atoms with Crippen LogP contribution >= 0.6 is 0 Å². The number of ether oxygens (including phenoxy) is 1. The fourth-order valence-corrected chi connectivity index (χ4v) is 1.92. The molecule has 1 saturated carbocycles. The summed E-state index contributed by atoms with van der Waals surface area (Å²) in [5.74, 6) is 1.65. The molecular formula is C16H32N4O2. The number of carbonyl (C=O) groups excluding carboxylic acids is 1. The number of nitrogens with one attached hydrogen (secondary N) is 3. The summed E-state index contributed by atoms with van der Waals surface area (Å²) in [7, 11) is 0. The van der Waals surface area contributed by atoms with Crippen molar-refractivity contribution in [1.29, 1.82) is 0 Å². The lowest BCUT2D eigenvalue weighted by molar-refractivity contribution is -0.121. The molecule has 0 bridgehead atoms. The van der Waals surface area contributed by atoms with E-state index in [0.29, 0.717) is 13.0 Å². The first-order valence-corrected chi connectivity index (χ1v) is 8.51. The molecule has 0 unspecified atom stereocenters. The van der Waals surface area contributed by atoms with Crippen LogP contribution in [0.5, 0.6) is 0 Å². The average Bonchev–Trinajstić information content (AvgIpc) is 3.25. The topological polar surface area (TPSA) is 74.8 Å². The zero-order valence-corrected chi connectivity index (χ0v) is 14.3. The maximum Gasteiger partial charge on any atom is 0.221 e. The minimum atomic E-state index is 0.0619. The zero-order chi connectivity index (χ0) is 16.2. The molecule has 1 aliphatic carbocycles. The van der Waals surface area contributed by atoms with Crippen LogP contribution in [0.25, 0.3) is 0 Å². The van der Waals surface area contributed by atoms with Gasteiger partial charge in [0.1, 0.15) is 0 Å². The molecule has 1 amide bonds. The second-order valence-electron chi connectivity index (χ2n) is 6.03. The predicted molar refractivity (Wildman–Crippen MR) is 90.0 cm³/mol. The number of rotatable bonds is 11. The van der Waals surface area contributed by atoms with Gasteiger partial charge in [-0.2, -0.15) is 0 Å². The zero-order valence-electron chi connectivity index (χ0n) is 14.3. The minimum Gasteiger partial charge on any atom is -0.381 e. The SMILES string of the molecule is CCNC(=NCCCOCC1CC1)NCCC(=O)NC(C)C. The number of guanidine groups is 1. The molecule has 0 spiro atoms. The van der Waals surface area contributed by atoms with Gasteiger partial charge in [0.05, 0.1) is 0 Å². The predicted octanol–water partition coefficient (Wildman–Crippen LogP) is 1.27. The lowest BCUT2D eigenvalue weighted by atomic mass is 10.3. The van der Waals surface area contributed by atoms with Crippen LogP contribution in [-0.2, 0) is 9.53 Å². The highest BCUT2D eigenvalue weighted by Gasteiger charge is 2.20. The summed E-state index contributed by atoms with van der Waals surface area (Å²) in [5, 5.41) is 9.24. The van der Waals surface area contributed by atoms with E-state index in [0.717, 1.165) is 44.6 Å². The third-order valence-electron chi connectivity index (χ3n) is 3.21. The summed E-state index contributed by atoms with van der Waals surface area (Å²) >= 11 is 0. The lowest BCUT2D eigenvalue weighted by Gasteiger charge is -2.12. The summed E-state index contributed by atoms with van der Waals surface area (Å²) < 4.78 is 5.59. The van der Waals surface area contributed by atoms with E-state index in [-0.39, 0.29) is 11.9 Å². The smallest absolute Gasteiger partial charge is 0.221 e. The van der Waals surface area contributed by atoms with Gasteiger partial charge in [0.15, 0.2) is 5.96 Å². The van der Waals surface area contributed by atoms with Gasteiger partial charge >= 0.3 is 0 Å². The number of nitrogens with zero attached hydrogens (tertiary/aromatic N) is 1. The second-order valence-corrected chi connectivity index (χ2v) is 6.03. The van der Waals surface area contributed by atoms with Gasteiger partial charge in [0.2, 0.25) is 5.91 Å². The standard InChI is InChI=1S/C16H32N4O2/c1-4-17-16(19-10-8-15(21)20-13(2)3)18-9-5-11-22-12-14-6-7-14/h13-14H,4-12H2,1-3H3,(H,20,21)(H2,17,18,19).